The fourth-order valence-corrected chi connectivity index (χ4v) is 2.43. The maximum absolute atomic E-state index is 2.53. The number of fused-ring (bicyclic) bond motifs is 1. The number of hydrogen-bond acceptors (Lipinski definition) is 1. The Labute approximate surface area is 53.8 Å². The molecule has 1 fully saturated rings. The van der Waals surface area contributed by atoms with Gasteiger partial charge in [0.15, 0.2) is 0 Å². The highest BCUT2D eigenvalue weighted by Crippen LogP contribution is 2.28. The number of nitrogens with zero attached hydrogens (tertiary/aromatic N) is 1. The van der Waals surface area contributed by atoms with Crippen LogP contribution >= 0.6 is 11.5 Å². The lowest BCUT2D eigenvalue weighted by atomic mass is 10.0. The van der Waals surface area contributed by atoms with Crippen LogP contribution in [-0.2, 0) is 0 Å². The quantitative estimate of drug-likeness (QED) is 0.378. The van der Waals surface area contributed by atoms with Crippen molar-refractivity contribution in [3.63, 3.8) is 0 Å². The molecule has 2 heterocycles. The minimum absolute atomic E-state index is 0.974. The molecule has 0 aromatic rings. The van der Waals surface area contributed by atoms with Crippen LogP contribution in [0.3, 0.4) is 0 Å². The number of rotatable bonds is 0. The molecule has 2 heteroatoms. The second-order valence-corrected chi connectivity index (χ2v) is 3.59. The van der Waals surface area contributed by atoms with Gasteiger partial charge in [-0.3, -0.25) is 4.31 Å². The lowest BCUT2D eigenvalue weighted by molar-refractivity contribution is 0.211. The lowest BCUT2D eigenvalue weighted by Gasteiger charge is -2.40. The molecule has 2 rings (SSSR count). The van der Waals surface area contributed by atoms with Crippen LogP contribution in [0.1, 0.15) is 19.3 Å². The maximum atomic E-state index is 2.53. The Bertz CT molecular complexity index is 122. The third kappa shape index (κ3) is 0.633. The highest BCUT2D eigenvalue weighted by atomic mass is 32.1. The Kier molecular flexibility index (Phi) is 1.16. The summed E-state index contributed by atoms with van der Waals surface area (Å²) in [6.07, 6.45) is 4.23. The van der Waals surface area contributed by atoms with Crippen molar-refractivity contribution < 1.29 is 0 Å². The predicted molar refractivity (Wildman–Crippen MR) is 39.4 cm³/mol. The molecule has 0 aromatic carbocycles. The first-order chi connectivity index (χ1) is 3.97. The zero-order valence-corrected chi connectivity index (χ0v) is 5.77. The second-order valence-electron chi connectivity index (χ2n) is 2.48. The van der Waals surface area contributed by atoms with Crippen LogP contribution in [0, 0.1) is 0 Å². The van der Waals surface area contributed by atoms with Crippen LogP contribution < -0.4 is 0 Å². The van der Waals surface area contributed by atoms with Crippen molar-refractivity contribution in [2.24, 2.45) is 0 Å². The van der Waals surface area contributed by atoms with Gasteiger partial charge < -0.3 is 0 Å². The Morgan fingerprint density at radius 1 is 1.50 bits per heavy atom. The summed E-state index contributed by atoms with van der Waals surface area (Å²) in [5.74, 6) is 0. The summed E-state index contributed by atoms with van der Waals surface area (Å²) < 4.78 is 2.53. The van der Waals surface area contributed by atoms with Gasteiger partial charge in [-0.25, -0.2) is 0 Å². The molecule has 0 radical (unpaired) electrons. The van der Waals surface area contributed by atoms with E-state index < -0.39 is 0 Å². The first-order valence-electron chi connectivity index (χ1n) is 3.26. The SMILES string of the molecule is C1=[SH]N2CCC2CC1. The summed E-state index contributed by atoms with van der Waals surface area (Å²) in [5, 5.41) is 2.37. The molecule has 8 heavy (non-hydrogen) atoms. The van der Waals surface area contributed by atoms with Gasteiger partial charge >= 0.3 is 0 Å². The molecular weight excluding hydrogens is 118 g/mol. The molecule has 2 aliphatic heterocycles. The standard InChI is InChI=1S/C6H11NS/c1-2-6-3-4-7(6)8-5-1/h5-6,8H,1-4H2. The van der Waals surface area contributed by atoms with Crippen molar-refractivity contribution in [2.75, 3.05) is 6.54 Å². The van der Waals surface area contributed by atoms with Gasteiger partial charge in [-0.2, -0.15) is 0 Å². The van der Waals surface area contributed by atoms with Gasteiger partial charge in [0.2, 0.25) is 0 Å². The highest BCUT2D eigenvalue weighted by molar-refractivity contribution is 7.95. The second kappa shape index (κ2) is 1.85. The van der Waals surface area contributed by atoms with Crippen LogP contribution in [0.5, 0.6) is 0 Å². The minimum atomic E-state index is 0.974. The molecular formula is C6H11NS. The third-order valence-corrected chi connectivity index (χ3v) is 3.22. The van der Waals surface area contributed by atoms with E-state index in [1.54, 1.807) is 0 Å². The van der Waals surface area contributed by atoms with Crippen LogP contribution in [0.4, 0.5) is 0 Å². The zero-order valence-electron chi connectivity index (χ0n) is 4.88. The van der Waals surface area contributed by atoms with Crippen LogP contribution in [-0.4, -0.2) is 22.3 Å². The average Bonchev–Trinajstić information content (AvgIpc) is 1.72. The van der Waals surface area contributed by atoms with E-state index in [0.29, 0.717) is 0 Å². The lowest BCUT2D eigenvalue weighted by Crippen LogP contribution is -2.43. The van der Waals surface area contributed by atoms with Gasteiger partial charge in [-0.1, -0.05) is 0 Å². The molecule has 1 unspecified atom stereocenters. The monoisotopic (exact) mass is 129 g/mol. The Balaban J connectivity index is 2.08. The molecule has 0 N–H and O–H groups in total. The maximum Gasteiger partial charge on any atom is 0.0211 e. The summed E-state index contributed by atoms with van der Waals surface area (Å²) in [5.41, 5.74) is 0. The van der Waals surface area contributed by atoms with E-state index in [2.05, 4.69) is 9.67 Å². The van der Waals surface area contributed by atoms with Crippen LogP contribution in [0.25, 0.3) is 0 Å². The summed E-state index contributed by atoms with van der Waals surface area (Å²) >= 11 is 1.49. The summed E-state index contributed by atoms with van der Waals surface area (Å²) in [7, 11) is 0. The Morgan fingerprint density at radius 2 is 2.50 bits per heavy atom. The summed E-state index contributed by atoms with van der Waals surface area (Å²) in [4.78, 5) is 0. The van der Waals surface area contributed by atoms with E-state index in [1.807, 2.05) is 0 Å². The fraction of sp³-hybridized carbons (Fsp3) is 0.833. The smallest absolute Gasteiger partial charge is 0.0211 e. The van der Waals surface area contributed by atoms with Crippen molar-refractivity contribution in [1.29, 1.82) is 0 Å². The predicted octanol–water partition coefficient (Wildman–Crippen LogP) is 1.04. The molecule has 0 bridgehead atoms. The van der Waals surface area contributed by atoms with Gasteiger partial charge in [0.05, 0.1) is 0 Å². The van der Waals surface area contributed by atoms with Crippen molar-refractivity contribution in [2.45, 2.75) is 25.3 Å². The average molecular weight is 129 g/mol. The summed E-state index contributed by atoms with van der Waals surface area (Å²) in [6, 6.07) is 0.974. The molecule has 1 nitrogen and oxygen atoms in total. The molecule has 1 atom stereocenters. The summed E-state index contributed by atoms with van der Waals surface area (Å²) in [6.45, 7) is 1.35. The molecule has 0 saturated carbocycles. The van der Waals surface area contributed by atoms with Crippen molar-refractivity contribution in [3.05, 3.63) is 0 Å². The van der Waals surface area contributed by atoms with Gasteiger partial charge in [0.25, 0.3) is 0 Å². The first kappa shape index (κ1) is 5.00. The minimum Gasteiger partial charge on any atom is -0.256 e. The molecule has 0 aliphatic carbocycles. The first-order valence-corrected chi connectivity index (χ1v) is 4.17. The van der Waals surface area contributed by atoms with Gasteiger partial charge in [0.1, 0.15) is 0 Å². The molecule has 0 amide bonds. The van der Waals surface area contributed by atoms with Gasteiger partial charge in [-0.15, -0.1) is 11.5 Å². The molecule has 0 aromatic heterocycles. The molecule has 46 valence electrons. The largest absolute Gasteiger partial charge is 0.256 e. The molecule has 0 spiro atoms. The highest BCUT2D eigenvalue weighted by Gasteiger charge is 2.26. The fourth-order valence-electron chi connectivity index (χ4n) is 1.30. The number of hydrogen-bond donors (Lipinski definition) is 1. The van der Waals surface area contributed by atoms with E-state index in [4.69, 9.17) is 0 Å². The third-order valence-electron chi connectivity index (χ3n) is 1.97. The normalized spacial score (nSPS) is 37.2. The van der Waals surface area contributed by atoms with E-state index in [1.165, 1.54) is 37.3 Å². The molecule has 2 aliphatic rings. The van der Waals surface area contributed by atoms with E-state index >= 15 is 0 Å². The van der Waals surface area contributed by atoms with Crippen molar-refractivity contribution in [1.82, 2.24) is 4.31 Å². The van der Waals surface area contributed by atoms with Gasteiger partial charge in [-0.05, 0) is 24.6 Å². The zero-order chi connectivity index (χ0) is 5.40. The Hall–Kier alpha value is 0.180. The van der Waals surface area contributed by atoms with E-state index in [-0.39, 0.29) is 0 Å². The number of thiol groups is 1. The van der Waals surface area contributed by atoms with Crippen molar-refractivity contribution in [3.8, 4) is 0 Å². The van der Waals surface area contributed by atoms with Crippen molar-refractivity contribution >= 4 is 16.9 Å². The van der Waals surface area contributed by atoms with Crippen LogP contribution in [0.2, 0.25) is 0 Å². The van der Waals surface area contributed by atoms with Gasteiger partial charge in [0, 0.05) is 12.6 Å². The van der Waals surface area contributed by atoms with E-state index in [9.17, 15) is 0 Å². The van der Waals surface area contributed by atoms with E-state index in [0.717, 1.165) is 6.04 Å². The molecule has 1 saturated heterocycles. The van der Waals surface area contributed by atoms with Crippen LogP contribution in [0.15, 0.2) is 0 Å². The topological polar surface area (TPSA) is 3.24 Å². The Morgan fingerprint density at radius 3 is 2.88 bits per heavy atom.